The lowest BCUT2D eigenvalue weighted by Crippen LogP contribution is -2.28. The molecule has 1 amide bonds. The number of esters is 1. The molecule has 0 spiro atoms. The van der Waals surface area contributed by atoms with Gasteiger partial charge < -0.3 is 14.7 Å². The van der Waals surface area contributed by atoms with Crippen LogP contribution in [0.1, 0.15) is 65.7 Å². The van der Waals surface area contributed by atoms with Crippen LogP contribution in [0.15, 0.2) is 0 Å². The number of rotatable bonds is 10. The second-order valence-electron chi connectivity index (χ2n) is 5.47. The number of ether oxygens (including phenoxy) is 1. The van der Waals surface area contributed by atoms with E-state index >= 15 is 0 Å². The van der Waals surface area contributed by atoms with Gasteiger partial charge in [-0.3, -0.25) is 14.4 Å². The quantitative estimate of drug-likeness (QED) is 0.492. The molecular formula is C17H31NO5. The van der Waals surface area contributed by atoms with Crippen molar-refractivity contribution < 1.29 is 24.2 Å². The Hall–Kier alpha value is -1.59. The molecule has 0 aromatic rings. The minimum Gasteiger partial charge on any atom is -0.481 e. The summed E-state index contributed by atoms with van der Waals surface area (Å²) < 4.78 is 5.20. The van der Waals surface area contributed by atoms with Gasteiger partial charge in [0.15, 0.2) is 0 Å². The summed E-state index contributed by atoms with van der Waals surface area (Å²) in [5.74, 6) is -1.66. The molecule has 1 aliphatic heterocycles. The molecule has 1 rings (SSSR count). The van der Waals surface area contributed by atoms with E-state index in [9.17, 15) is 14.4 Å². The van der Waals surface area contributed by atoms with Crippen molar-refractivity contribution in [3.05, 3.63) is 0 Å². The van der Waals surface area contributed by atoms with Crippen LogP contribution in [-0.4, -0.2) is 47.5 Å². The Morgan fingerprint density at radius 1 is 1.22 bits per heavy atom. The zero-order valence-corrected chi connectivity index (χ0v) is 14.7. The number of nitrogens with zero attached hydrogens (tertiary/aromatic N) is 1. The molecule has 1 atom stereocenters. The van der Waals surface area contributed by atoms with Gasteiger partial charge in [0.25, 0.3) is 0 Å². The van der Waals surface area contributed by atoms with Crippen molar-refractivity contribution in [2.75, 3.05) is 19.7 Å². The highest BCUT2D eigenvalue weighted by Gasteiger charge is 2.34. The fourth-order valence-electron chi connectivity index (χ4n) is 2.39. The smallest absolute Gasteiger partial charge is 0.311 e. The van der Waals surface area contributed by atoms with Gasteiger partial charge in [0.1, 0.15) is 0 Å². The third-order valence-corrected chi connectivity index (χ3v) is 3.61. The summed E-state index contributed by atoms with van der Waals surface area (Å²) in [4.78, 5) is 35.6. The number of hydrogen-bond donors (Lipinski definition) is 1. The van der Waals surface area contributed by atoms with Gasteiger partial charge in [-0.1, -0.05) is 40.0 Å². The van der Waals surface area contributed by atoms with Crippen molar-refractivity contribution in [2.24, 2.45) is 5.92 Å². The largest absolute Gasteiger partial charge is 0.481 e. The van der Waals surface area contributed by atoms with Gasteiger partial charge in [-0.25, -0.2) is 0 Å². The molecule has 0 radical (unpaired) electrons. The lowest BCUT2D eigenvalue weighted by molar-refractivity contribution is -0.148. The van der Waals surface area contributed by atoms with Crippen LogP contribution in [0.5, 0.6) is 0 Å². The summed E-state index contributed by atoms with van der Waals surface area (Å²) in [7, 11) is 0. The summed E-state index contributed by atoms with van der Waals surface area (Å²) in [6.07, 6.45) is 4.82. The Balaban J connectivity index is 0.00000232. The standard InChI is InChI=1S/C15H25NO5.C2H6/c1-2-3-4-5-9-21-15(20)12-10-13(17)16(11-12)8-6-7-14(18)19;1-2/h12H,2-11H2,1H3,(H,18,19);1-2H3. The molecule has 0 saturated carbocycles. The molecule has 1 aliphatic rings. The number of aliphatic carboxylic acids is 1. The molecule has 0 aliphatic carbocycles. The predicted octanol–water partition coefficient (Wildman–Crippen LogP) is 2.85. The van der Waals surface area contributed by atoms with E-state index in [1.165, 1.54) is 0 Å². The molecule has 0 aromatic heterocycles. The number of carboxylic acid groups (broad SMARTS) is 1. The van der Waals surface area contributed by atoms with Gasteiger partial charge in [-0.2, -0.15) is 0 Å². The van der Waals surface area contributed by atoms with Crippen LogP contribution in [0, 0.1) is 5.92 Å². The van der Waals surface area contributed by atoms with Gasteiger partial charge in [0.2, 0.25) is 5.91 Å². The molecule has 1 saturated heterocycles. The first kappa shape index (κ1) is 21.4. The van der Waals surface area contributed by atoms with Crippen molar-refractivity contribution >= 4 is 17.8 Å². The van der Waals surface area contributed by atoms with Crippen molar-refractivity contribution in [2.45, 2.75) is 65.7 Å². The molecule has 1 heterocycles. The monoisotopic (exact) mass is 329 g/mol. The van der Waals surface area contributed by atoms with E-state index < -0.39 is 11.9 Å². The van der Waals surface area contributed by atoms with Gasteiger partial charge in [-0.15, -0.1) is 0 Å². The first-order valence-corrected chi connectivity index (χ1v) is 8.70. The van der Waals surface area contributed by atoms with E-state index in [-0.39, 0.29) is 24.7 Å². The summed E-state index contributed by atoms with van der Waals surface area (Å²) in [6, 6.07) is 0. The number of amides is 1. The van der Waals surface area contributed by atoms with Crippen LogP contribution in [0.4, 0.5) is 0 Å². The molecule has 1 unspecified atom stereocenters. The zero-order chi connectivity index (χ0) is 17.7. The molecule has 1 N–H and O–H groups in total. The normalized spacial score (nSPS) is 16.7. The van der Waals surface area contributed by atoms with Crippen LogP contribution in [0.25, 0.3) is 0 Å². The van der Waals surface area contributed by atoms with Crippen LogP contribution in [0.2, 0.25) is 0 Å². The third kappa shape index (κ3) is 9.21. The summed E-state index contributed by atoms with van der Waals surface area (Å²) in [5.41, 5.74) is 0. The van der Waals surface area contributed by atoms with Gasteiger partial charge in [-0.05, 0) is 12.8 Å². The van der Waals surface area contributed by atoms with E-state index in [2.05, 4.69) is 6.92 Å². The van der Waals surface area contributed by atoms with E-state index in [0.717, 1.165) is 25.7 Å². The van der Waals surface area contributed by atoms with Crippen LogP contribution < -0.4 is 0 Å². The maximum Gasteiger partial charge on any atom is 0.311 e. The Morgan fingerprint density at radius 3 is 2.52 bits per heavy atom. The lowest BCUT2D eigenvalue weighted by atomic mass is 10.1. The zero-order valence-electron chi connectivity index (χ0n) is 14.7. The Bertz CT molecular complexity index is 370. The highest BCUT2D eigenvalue weighted by atomic mass is 16.5. The first-order valence-electron chi connectivity index (χ1n) is 8.70. The maximum atomic E-state index is 11.9. The number of carboxylic acids is 1. The third-order valence-electron chi connectivity index (χ3n) is 3.61. The number of likely N-dealkylation sites (tertiary alicyclic amines) is 1. The van der Waals surface area contributed by atoms with Crippen molar-refractivity contribution in [3.63, 3.8) is 0 Å². The minimum absolute atomic E-state index is 0.0380. The topological polar surface area (TPSA) is 83.9 Å². The van der Waals surface area contributed by atoms with Gasteiger partial charge in [0, 0.05) is 25.9 Å². The molecular weight excluding hydrogens is 298 g/mol. The fraction of sp³-hybridized carbons (Fsp3) is 0.824. The van der Waals surface area contributed by atoms with Crippen molar-refractivity contribution in [1.82, 2.24) is 4.90 Å². The number of hydrogen-bond acceptors (Lipinski definition) is 4. The van der Waals surface area contributed by atoms with Crippen LogP contribution in [-0.2, 0) is 19.1 Å². The summed E-state index contributed by atoms with van der Waals surface area (Å²) in [6.45, 7) is 7.29. The van der Waals surface area contributed by atoms with Crippen molar-refractivity contribution in [1.29, 1.82) is 0 Å². The first-order chi connectivity index (χ1) is 11.0. The molecule has 23 heavy (non-hydrogen) atoms. The van der Waals surface area contributed by atoms with Crippen molar-refractivity contribution in [3.8, 4) is 0 Å². The van der Waals surface area contributed by atoms with Gasteiger partial charge in [0.05, 0.1) is 12.5 Å². The number of carbonyl (C=O) groups excluding carboxylic acids is 2. The van der Waals surface area contributed by atoms with E-state index in [1.807, 2.05) is 13.8 Å². The molecule has 134 valence electrons. The SMILES string of the molecule is CC.CCCCCCOC(=O)C1CC(=O)N(CCCC(=O)O)C1. The van der Waals surface area contributed by atoms with Crippen LogP contribution in [0.3, 0.4) is 0 Å². The van der Waals surface area contributed by atoms with E-state index in [1.54, 1.807) is 4.90 Å². The fourth-order valence-corrected chi connectivity index (χ4v) is 2.39. The van der Waals surface area contributed by atoms with Gasteiger partial charge >= 0.3 is 11.9 Å². The lowest BCUT2D eigenvalue weighted by Gasteiger charge is -2.15. The average Bonchev–Trinajstić information content (AvgIpc) is 2.90. The molecule has 1 fully saturated rings. The number of unbranched alkanes of at least 4 members (excludes halogenated alkanes) is 3. The highest BCUT2D eigenvalue weighted by molar-refractivity contribution is 5.86. The molecule has 0 aromatic carbocycles. The van der Waals surface area contributed by atoms with E-state index in [4.69, 9.17) is 9.84 Å². The van der Waals surface area contributed by atoms with E-state index in [0.29, 0.717) is 26.1 Å². The maximum absolute atomic E-state index is 11.9. The summed E-state index contributed by atoms with van der Waals surface area (Å²) in [5, 5.41) is 8.57. The van der Waals surface area contributed by atoms with Crippen LogP contribution >= 0.6 is 0 Å². The Kier molecular flexibility index (Phi) is 12.0. The minimum atomic E-state index is -0.871. The molecule has 0 bridgehead atoms. The molecule has 6 heteroatoms. The summed E-state index contributed by atoms with van der Waals surface area (Å²) >= 11 is 0. The number of carbonyl (C=O) groups is 3. The second-order valence-corrected chi connectivity index (χ2v) is 5.47. The molecule has 6 nitrogen and oxygen atoms in total. The highest BCUT2D eigenvalue weighted by Crippen LogP contribution is 2.19. The Labute approximate surface area is 139 Å². The Morgan fingerprint density at radius 2 is 1.91 bits per heavy atom. The predicted molar refractivity (Wildman–Crippen MR) is 88.0 cm³/mol. The second kappa shape index (κ2) is 12.9. The average molecular weight is 329 g/mol.